The number of carbonyl (C=O) groups is 4. The molecule has 0 aliphatic carbocycles. The summed E-state index contributed by atoms with van der Waals surface area (Å²) in [5.41, 5.74) is 1.14. The number of nitrogens with one attached hydrogen (secondary N) is 1. The Balaban J connectivity index is 1.53. The van der Waals surface area contributed by atoms with Gasteiger partial charge in [0.15, 0.2) is 0 Å². The van der Waals surface area contributed by atoms with E-state index < -0.39 is 34.5 Å². The molecule has 14 heteroatoms. The molecule has 2 heterocycles. The van der Waals surface area contributed by atoms with Crippen LogP contribution in [0.4, 0.5) is 21.9 Å². The first-order valence-electron chi connectivity index (χ1n) is 11.2. The number of non-ortho nitro benzene ring substituents is 1. The van der Waals surface area contributed by atoms with E-state index in [4.69, 9.17) is 16.3 Å². The Morgan fingerprint density at radius 2 is 1.95 bits per heavy atom. The minimum atomic E-state index is -0.707. The van der Waals surface area contributed by atoms with E-state index in [1.807, 2.05) is 4.90 Å². The first-order chi connectivity index (χ1) is 18.2. The molecule has 0 bridgehead atoms. The SMILES string of the molecule is COC(=O)c1cc(NC(=O)CN2C(=O)S/C(=C\c3cc([N+](=O)[O-])ccc3N3CCOCC3)C2=O)ccc1Cl. The molecule has 0 aromatic heterocycles. The van der Waals surface area contributed by atoms with Crippen LogP contribution in [0.5, 0.6) is 0 Å². The van der Waals surface area contributed by atoms with Crippen LogP contribution in [0.2, 0.25) is 5.02 Å². The highest BCUT2D eigenvalue weighted by Crippen LogP contribution is 2.35. The Kier molecular flexibility index (Phi) is 8.29. The number of ether oxygens (including phenoxy) is 2. The Labute approximate surface area is 225 Å². The van der Waals surface area contributed by atoms with Crippen LogP contribution in [0, 0.1) is 10.1 Å². The number of hydrogen-bond acceptors (Lipinski definition) is 10. The summed E-state index contributed by atoms with van der Waals surface area (Å²) in [5.74, 6) is -2.09. The maximum Gasteiger partial charge on any atom is 0.339 e. The quantitative estimate of drug-likeness (QED) is 0.230. The molecule has 0 saturated carbocycles. The number of benzene rings is 2. The highest BCUT2D eigenvalue weighted by atomic mass is 35.5. The number of nitro benzene ring substituents is 1. The van der Waals surface area contributed by atoms with Crippen LogP contribution in [-0.4, -0.2) is 72.8 Å². The van der Waals surface area contributed by atoms with Crippen molar-refractivity contribution in [3.05, 3.63) is 67.6 Å². The summed E-state index contributed by atoms with van der Waals surface area (Å²) in [5, 5.41) is 13.3. The third-order valence-corrected chi connectivity index (χ3v) is 6.93. The van der Waals surface area contributed by atoms with E-state index in [0.29, 0.717) is 49.3 Å². The lowest BCUT2D eigenvalue weighted by Crippen LogP contribution is -2.36. The fraction of sp³-hybridized carbons (Fsp3) is 0.250. The minimum Gasteiger partial charge on any atom is -0.465 e. The fourth-order valence-electron chi connectivity index (χ4n) is 3.85. The second-order valence-electron chi connectivity index (χ2n) is 8.10. The molecule has 0 unspecified atom stereocenters. The van der Waals surface area contributed by atoms with Crippen LogP contribution in [0.3, 0.4) is 0 Å². The van der Waals surface area contributed by atoms with Gasteiger partial charge in [-0.05, 0) is 42.1 Å². The van der Waals surface area contributed by atoms with Crippen molar-refractivity contribution in [3.63, 3.8) is 0 Å². The van der Waals surface area contributed by atoms with Crippen LogP contribution < -0.4 is 10.2 Å². The second kappa shape index (κ2) is 11.6. The van der Waals surface area contributed by atoms with Crippen molar-refractivity contribution < 1.29 is 33.6 Å². The molecule has 2 aliphatic heterocycles. The van der Waals surface area contributed by atoms with Crippen LogP contribution in [0.15, 0.2) is 41.3 Å². The van der Waals surface area contributed by atoms with Gasteiger partial charge in [-0.15, -0.1) is 0 Å². The van der Waals surface area contributed by atoms with Crippen molar-refractivity contribution in [2.75, 3.05) is 50.2 Å². The van der Waals surface area contributed by atoms with Gasteiger partial charge in [0, 0.05) is 42.2 Å². The number of carbonyl (C=O) groups excluding carboxylic acids is 4. The first kappa shape index (κ1) is 27.1. The van der Waals surface area contributed by atoms with E-state index >= 15 is 0 Å². The Morgan fingerprint density at radius 1 is 1.21 bits per heavy atom. The zero-order chi connectivity index (χ0) is 27.4. The normalized spacial score (nSPS) is 16.6. The number of imide groups is 1. The van der Waals surface area contributed by atoms with E-state index in [2.05, 4.69) is 10.1 Å². The average Bonchev–Trinajstić information content (AvgIpc) is 3.16. The van der Waals surface area contributed by atoms with Crippen molar-refractivity contribution in [3.8, 4) is 0 Å². The van der Waals surface area contributed by atoms with Gasteiger partial charge in [-0.3, -0.25) is 29.4 Å². The summed E-state index contributed by atoms with van der Waals surface area (Å²) in [6.45, 7) is 1.50. The molecule has 2 saturated heterocycles. The van der Waals surface area contributed by atoms with Crippen molar-refractivity contribution in [2.45, 2.75) is 0 Å². The monoisotopic (exact) mass is 560 g/mol. The standard InChI is InChI=1S/C24H21ClN4O8S/c1-36-23(32)17-12-15(2-4-18(17)25)26-21(30)13-28-22(31)20(38-24(28)33)11-14-10-16(29(34)35)3-5-19(14)27-6-8-37-9-7-27/h2-5,10-12H,6-9,13H2,1H3,(H,26,30)/b20-11-. The number of methoxy groups -OCH3 is 1. The Bertz CT molecular complexity index is 1360. The van der Waals surface area contributed by atoms with Crippen LogP contribution in [0.1, 0.15) is 15.9 Å². The van der Waals surface area contributed by atoms with Crippen LogP contribution in [0.25, 0.3) is 6.08 Å². The molecule has 2 fully saturated rings. The molecule has 3 amide bonds. The van der Waals surface area contributed by atoms with Gasteiger partial charge in [0.1, 0.15) is 6.54 Å². The number of esters is 1. The summed E-state index contributed by atoms with van der Waals surface area (Å²) in [6, 6.07) is 8.48. The number of halogens is 1. The summed E-state index contributed by atoms with van der Waals surface area (Å²) in [7, 11) is 1.19. The molecule has 12 nitrogen and oxygen atoms in total. The van der Waals surface area contributed by atoms with Crippen molar-refractivity contribution >= 4 is 69.5 Å². The molecule has 198 valence electrons. The highest BCUT2D eigenvalue weighted by Gasteiger charge is 2.36. The molecule has 2 aromatic carbocycles. The molecule has 0 atom stereocenters. The van der Waals surface area contributed by atoms with Gasteiger partial charge in [0.2, 0.25) is 5.91 Å². The largest absolute Gasteiger partial charge is 0.465 e. The second-order valence-corrected chi connectivity index (χ2v) is 9.50. The molecule has 2 aliphatic rings. The minimum absolute atomic E-state index is 0.0253. The lowest BCUT2D eigenvalue weighted by atomic mass is 10.1. The summed E-state index contributed by atoms with van der Waals surface area (Å²) >= 11 is 6.62. The summed E-state index contributed by atoms with van der Waals surface area (Å²) in [6.07, 6.45) is 1.42. The molecule has 1 N–H and O–H groups in total. The van der Waals surface area contributed by atoms with Gasteiger partial charge in [0.05, 0.1) is 40.7 Å². The fourth-order valence-corrected chi connectivity index (χ4v) is 4.88. The smallest absolute Gasteiger partial charge is 0.339 e. The molecule has 38 heavy (non-hydrogen) atoms. The zero-order valence-electron chi connectivity index (χ0n) is 20.0. The lowest BCUT2D eigenvalue weighted by molar-refractivity contribution is -0.384. The molecular formula is C24H21ClN4O8S. The number of nitro groups is 1. The number of rotatable bonds is 7. The predicted molar refractivity (Wildman–Crippen MR) is 140 cm³/mol. The molecular weight excluding hydrogens is 540 g/mol. The van der Waals surface area contributed by atoms with Gasteiger partial charge in [-0.1, -0.05) is 11.6 Å². The zero-order valence-corrected chi connectivity index (χ0v) is 21.5. The van der Waals surface area contributed by atoms with E-state index in [0.717, 1.165) is 4.90 Å². The maximum atomic E-state index is 13.0. The van der Waals surface area contributed by atoms with Crippen LogP contribution >= 0.6 is 23.4 Å². The third-order valence-electron chi connectivity index (χ3n) is 5.69. The van der Waals surface area contributed by atoms with Gasteiger partial charge >= 0.3 is 5.97 Å². The Hall–Kier alpha value is -3.94. The highest BCUT2D eigenvalue weighted by molar-refractivity contribution is 8.18. The topological polar surface area (TPSA) is 148 Å². The molecule has 4 rings (SSSR count). The molecule has 0 radical (unpaired) electrons. The van der Waals surface area contributed by atoms with Gasteiger partial charge in [-0.2, -0.15) is 0 Å². The maximum absolute atomic E-state index is 13.0. The number of anilines is 2. The predicted octanol–water partition coefficient (Wildman–Crippen LogP) is 3.55. The van der Waals surface area contributed by atoms with Crippen LogP contribution in [-0.2, 0) is 19.1 Å². The van der Waals surface area contributed by atoms with Crippen molar-refractivity contribution in [2.24, 2.45) is 0 Å². The summed E-state index contributed by atoms with van der Waals surface area (Å²) in [4.78, 5) is 63.7. The van der Waals surface area contributed by atoms with Crippen molar-refractivity contribution in [1.29, 1.82) is 0 Å². The van der Waals surface area contributed by atoms with E-state index in [9.17, 15) is 29.3 Å². The van der Waals surface area contributed by atoms with E-state index in [1.54, 1.807) is 6.07 Å². The van der Waals surface area contributed by atoms with Gasteiger partial charge in [0.25, 0.3) is 16.8 Å². The first-order valence-corrected chi connectivity index (χ1v) is 12.4. The molecule has 2 aromatic rings. The lowest BCUT2D eigenvalue weighted by Gasteiger charge is -2.30. The number of amides is 3. The van der Waals surface area contributed by atoms with E-state index in [1.165, 1.54) is 43.5 Å². The van der Waals surface area contributed by atoms with E-state index in [-0.39, 0.29) is 26.9 Å². The molecule has 0 spiro atoms. The summed E-state index contributed by atoms with van der Waals surface area (Å²) < 4.78 is 10.0. The number of nitrogens with zero attached hydrogens (tertiary/aromatic N) is 3. The van der Waals surface area contributed by atoms with Gasteiger partial charge < -0.3 is 19.7 Å². The Morgan fingerprint density at radius 3 is 2.63 bits per heavy atom. The third kappa shape index (κ3) is 5.96. The number of morpholine rings is 1. The number of hydrogen-bond donors (Lipinski definition) is 1. The number of thioether (sulfide) groups is 1. The van der Waals surface area contributed by atoms with Crippen molar-refractivity contribution in [1.82, 2.24) is 4.90 Å². The van der Waals surface area contributed by atoms with Gasteiger partial charge in [-0.25, -0.2) is 4.79 Å². The average molecular weight is 561 g/mol.